The van der Waals surface area contributed by atoms with Gasteiger partial charge in [0, 0.05) is 24.8 Å². The first kappa shape index (κ1) is 17.3. The largest absolute Gasteiger partial charge is 0.337 e. The minimum Gasteiger partial charge on any atom is -0.337 e. The summed E-state index contributed by atoms with van der Waals surface area (Å²) >= 11 is 0. The third-order valence-corrected chi connectivity index (χ3v) is 4.69. The van der Waals surface area contributed by atoms with Crippen molar-refractivity contribution in [1.29, 1.82) is 0 Å². The molecule has 0 aliphatic carbocycles. The van der Waals surface area contributed by atoms with Crippen molar-refractivity contribution in [2.45, 2.75) is 33.1 Å². The molecule has 6 heteroatoms. The minimum absolute atomic E-state index is 0.150. The number of likely N-dealkylation sites (tertiary alicyclic amines) is 1. The van der Waals surface area contributed by atoms with Crippen LogP contribution in [-0.4, -0.2) is 33.7 Å². The second kappa shape index (κ2) is 7.17. The first-order valence-corrected chi connectivity index (χ1v) is 8.62. The molecule has 0 spiro atoms. The van der Waals surface area contributed by atoms with Gasteiger partial charge in [0.1, 0.15) is 11.5 Å². The Morgan fingerprint density at radius 1 is 1.24 bits per heavy atom. The maximum atomic E-state index is 14.1. The number of hydrogen-bond donors (Lipinski definition) is 0. The molecule has 1 aromatic carbocycles. The third-order valence-electron chi connectivity index (χ3n) is 4.69. The number of amides is 1. The Morgan fingerprint density at radius 3 is 2.76 bits per heavy atom. The molecule has 1 fully saturated rings. The SMILES string of the molecule is Cc1cc(=O)c(C(=O)N2CCC[C@@H](C)CC2)nn1-c1ccccc1F. The molecule has 5 nitrogen and oxygen atoms in total. The molecule has 1 aromatic heterocycles. The van der Waals surface area contributed by atoms with Gasteiger partial charge in [0.25, 0.3) is 5.91 Å². The molecule has 2 aromatic rings. The van der Waals surface area contributed by atoms with Crippen LogP contribution in [0.4, 0.5) is 4.39 Å². The summed E-state index contributed by atoms with van der Waals surface area (Å²) < 4.78 is 15.4. The van der Waals surface area contributed by atoms with Gasteiger partial charge in [-0.25, -0.2) is 9.07 Å². The van der Waals surface area contributed by atoms with Crippen molar-refractivity contribution in [3.63, 3.8) is 0 Å². The Labute approximate surface area is 146 Å². The van der Waals surface area contributed by atoms with Crippen molar-refractivity contribution in [3.05, 3.63) is 57.8 Å². The number of aryl methyl sites for hydroxylation is 1. The van der Waals surface area contributed by atoms with E-state index in [4.69, 9.17) is 0 Å². The molecule has 3 rings (SSSR count). The van der Waals surface area contributed by atoms with E-state index in [0.29, 0.717) is 24.7 Å². The van der Waals surface area contributed by atoms with Gasteiger partial charge >= 0.3 is 0 Å². The zero-order valence-electron chi connectivity index (χ0n) is 14.5. The van der Waals surface area contributed by atoms with Crippen molar-refractivity contribution in [1.82, 2.24) is 14.7 Å². The van der Waals surface area contributed by atoms with Crippen molar-refractivity contribution in [2.75, 3.05) is 13.1 Å². The topological polar surface area (TPSA) is 55.2 Å². The molecular formula is C19H22FN3O2. The lowest BCUT2D eigenvalue weighted by Crippen LogP contribution is -2.37. The van der Waals surface area contributed by atoms with E-state index < -0.39 is 11.2 Å². The summed E-state index contributed by atoms with van der Waals surface area (Å²) in [4.78, 5) is 26.8. The highest BCUT2D eigenvalue weighted by atomic mass is 19.1. The van der Waals surface area contributed by atoms with Gasteiger partial charge in [0.15, 0.2) is 5.69 Å². The molecule has 1 amide bonds. The molecule has 1 saturated heterocycles. The normalized spacial score (nSPS) is 18.0. The summed E-state index contributed by atoms with van der Waals surface area (Å²) in [6, 6.07) is 7.51. The lowest BCUT2D eigenvalue weighted by atomic mass is 10.0. The Bertz CT molecular complexity index is 847. The zero-order valence-corrected chi connectivity index (χ0v) is 14.5. The third kappa shape index (κ3) is 3.62. The van der Waals surface area contributed by atoms with E-state index in [2.05, 4.69) is 12.0 Å². The van der Waals surface area contributed by atoms with Crippen LogP contribution in [0.15, 0.2) is 35.1 Å². The average molecular weight is 343 g/mol. The van der Waals surface area contributed by atoms with Crippen LogP contribution in [0.3, 0.4) is 0 Å². The van der Waals surface area contributed by atoms with E-state index in [9.17, 15) is 14.0 Å². The predicted octanol–water partition coefficient (Wildman–Crippen LogP) is 2.94. The van der Waals surface area contributed by atoms with Gasteiger partial charge in [-0.1, -0.05) is 19.1 Å². The fourth-order valence-electron chi connectivity index (χ4n) is 3.18. The summed E-state index contributed by atoms with van der Waals surface area (Å²) in [5.41, 5.74) is 0.130. The van der Waals surface area contributed by atoms with E-state index in [1.165, 1.54) is 16.8 Å². The van der Waals surface area contributed by atoms with Crippen LogP contribution in [0.2, 0.25) is 0 Å². The molecule has 0 bridgehead atoms. The Kier molecular flexibility index (Phi) is 4.97. The lowest BCUT2D eigenvalue weighted by molar-refractivity contribution is 0.0751. The number of carbonyl (C=O) groups excluding carboxylic acids is 1. The number of nitrogens with zero attached hydrogens (tertiary/aromatic N) is 3. The lowest BCUT2D eigenvalue weighted by Gasteiger charge is -2.20. The first-order chi connectivity index (χ1) is 12.0. The average Bonchev–Trinajstić information content (AvgIpc) is 2.80. The van der Waals surface area contributed by atoms with Gasteiger partial charge in [-0.2, -0.15) is 5.10 Å². The standard InChI is InChI=1S/C19H22FN3O2/c1-13-6-5-10-22(11-9-13)19(25)18-17(24)12-14(2)23(21-18)16-8-4-3-7-15(16)20/h3-4,7-8,12-13H,5-6,9-11H2,1-2H3/t13-/m1/s1. The van der Waals surface area contributed by atoms with Gasteiger partial charge < -0.3 is 4.90 Å². The molecule has 1 aliphatic heterocycles. The van der Waals surface area contributed by atoms with Crippen molar-refractivity contribution < 1.29 is 9.18 Å². The van der Waals surface area contributed by atoms with Crippen molar-refractivity contribution >= 4 is 5.91 Å². The Balaban J connectivity index is 1.99. The monoisotopic (exact) mass is 343 g/mol. The van der Waals surface area contributed by atoms with Gasteiger partial charge in [-0.3, -0.25) is 9.59 Å². The second-order valence-corrected chi connectivity index (χ2v) is 6.69. The Hall–Kier alpha value is -2.50. The van der Waals surface area contributed by atoms with Crippen LogP contribution in [0.5, 0.6) is 0 Å². The summed E-state index contributed by atoms with van der Waals surface area (Å²) in [6.07, 6.45) is 2.91. The molecular weight excluding hydrogens is 321 g/mol. The summed E-state index contributed by atoms with van der Waals surface area (Å²) in [5.74, 6) is -0.258. The number of rotatable bonds is 2. The number of benzene rings is 1. The summed E-state index contributed by atoms with van der Waals surface area (Å²) in [5, 5.41) is 4.20. The van der Waals surface area contributed by atoms with Crippen molar-refractivity contribution in [2.24, 2.45) is 5.92 Å². The van der Waals surface area contributed by atoms with E-state index in [1.807, 2.05) is 0 Å². The van der Waals surface area contributed by atoms with Crippen LogP contribution in [0.25, 0.3) is 5.69 Å². The highest BCUT2D eigenvalue weighted by Crippen LogP contribution is 2.18. The van der Waals surface area contributed by atoms with E-state index in [1.54, 1.807) is 30.0 Å². The minimum atomic E-state index is -0.455. The van der Waals surface area contributed by atoms with Gasteiger partial charge in [0.2, 0.25) is 5.43 Å². The molecule has 0 saturated carbocycles. The fraction of sp³-hybridized carbons (Fsp3) is 0.421. The highest BCUT2D eigenvalue weighted by Gasteiger charge is 2.24. The molecule has 1 atom stereocenters. The Morgan fingerprint density at radius 2 is 2.00 bits per heavy atom. The number of para-hydroxylation sites is 1. The molecule has 25 heavy (non-hydrogen) atoms. The quantitative estimate of drug-likeness (QED) is 0.842. The smallest absolute Gasteiger partial charge is 0.278 e. The van der Waals surface area contributed by atoms with Crippen LogP contribution >= 0.6 is 0 Å². The van der Waals surface area contributed by atoms with E-state index >= 15 is 0 Å². The van der Waals surface area contributed by atoms with Gasteiger partial charge in [0.05, 0.1) is 0 Å². The zero-order chi connectivity index (χ0) is 18.0. The number of aromatic nitrogens is 2. The molecule has 0 unspecified atom stereocenters. The molecule has 0 radical (unpaired) electrons. The van der Waals surface area contributed by atoms with Gasteiger partial charge in [-0.05, 0) is 44.2 Å². The molecule has 2 heterocycles. The van der Waals surface area contributed by atoms with Crippen LogP contribution in [0.1, 0.15) is 42.4 Å². The fourth-order valence-corrected chi connectivity index (χ4v) is 3.18. The van der Waals surface area contributed by atoms with Crippen LogP contribution in [0, 0.1) is 18.7 Å². The highest BCUT2D eigenvalue weighted by molar-refractivity contribution is 5.92. The summed E-state index contributed by atoms with van der Waals surface area (Å²) in [6.45, 7) is 5.08. The second-order valence-electron chi connectivity index (χ2n) is 6.69. The number of carbonyl (C=O) groups is 1. The maximum absolute atomic E-state index is 14.1. The summed E-state index contributed by atoms with van der Waals surface area (Å²) in [7, 11) is 0. The van der Waals surface area contributed by atoms with E-state index in [0.717, 1.165) is 19.3 Å². The van der Waals surface area contributed by atoms with Crippen LogP contribution < -0.4 is 5.43 Å². The number of halogens is 1. The predicted molar refractivity (Wildman–Crippen MR) is 93.4 cm³/mol. The van der Waals surface area contributed by atoms with Crippen LogP contribution in [-0.2, 0) is 0 Å². The maximum Gasteiger partial charge on any atom is 0.278 e. The molecule has 0 N–H and O–H groups in total. The van der Waals surface area contributed by atoms with E-state index in [-0.39, 0.29) is 17.3 Å². The molecule has 1 aliphatic rings. The number of hydrogen-bond acceptors (Lipinski definition) is 3. The molecule has 132 valence electrons. The first-order valence-electron chi connectivity index (χ1n) is 8.62. The van der Waals surface area contributed by atoms with Gasteiger partial charge in [-0.15, -0.1) is 0 Å². The van der Waals surface area contributed by atoms with Crippen molar-refractivity contribution in [3.8, 4) is 5.69 Å².